The average Bonchev–Trinajstić information content (AvgIpc) is 3.44. The number of hydrogen-bond acceptors (Lipinski definition) is 4. The maximum absolute atomic E-state index is 13.7. The molecule has 2 aromatic carbocycles. The number of anilines is 1. The number of ether oxygens (including phenoxy) is 1. The van der Waals surface area contributed by atoms with E-state index >= 15 is 0 Å². The molecular formula is C25H28N2O2S. The van der Waals surface area contributed by atoms with Crippen LogP contribution in [0.5, 0.6) is 0 Å². The fourth-order valence-corrected chi connectivity index (χ4v) is 5.75. The van der Waals surface area contributed by atoms with Gasteiger partial charge in [0.25, 0.3) is 5.91 Å². The number of hydrogen-bond donors (Lipinski definition) is 0. The van der Waals surface area contributed by atoms with Crippen molar-refractivity contribution in [1.82, 2.24) is 4.98 Å². The summed E-state index contributed by atoms with van der Waals surface area (Å²) in [6.07, 6.45) is 6.79. The zero-order valence-corrected chi connectivity index (χ0v) is 18.6. The Kier molecular flexibility index (Phi) is 5.34. The molecule has 3 aromatic rings. The van der Waals surface area contributed by atoms with E-state index in [1.54, 1.807) is 11.3 Å². The highest BCUT2D eigenvalue weighted by Gasteiger charge is 2.28. The number of carbonyl (C=O) groups is 1. The van der Waals surface area contributed by atoms with Gasteiger partial charge in [0.1, 0.15) is 0 Å². The number of rotatable bonds is 4. The van der Waals surface area contributed by atoms with Gasteiger partial charge < -0.3 is 4.74 Å². The highest BCUT2D eigenvalue weighted by Crippen LogP contribution is 2.34. The normalized spacial score (nSPS) is 18.5. The smallest absolute Gasteiger partial charge is 0.260 e. The Morgan fingerprint density at radius 1 is 1.10 bits per heavy atom. The Morgan fingerprint density at radius 2 is 1.90 bits per heavy atom. The second-order valence-corrected chi connectivity index (χ2v) is 9.59. The van der Waals surface area contributed by atoms with E-state index < -0.39 is 0 Å². The monoisotopic (exact) mass is 420 g/mol. The van der Waals surface area contributed by atoms with Crippen molar-refractivity contribution in [3.8, 4) is 0 Å². The number of nitrogens with zero attached hydrogens (tertiary/aromatic N) is 2. The fourth-order valence-electron chi connectivity index (χ4n) is 4.63. The van der Waals surface area contributed by atoms with Crippen LogP contribution in [0.3, 0.4) is 0 Å². The van der Waals surface area contributed by atoms with E-state index in [2.05, 4.69) is 38.1 Å². The predicted octanol–water partition coefficient (Wildman–Crippen LogP) is 5.62. The Labute approximate surface area is 181 Å². The van der Waals surface area contributed by atoms with E-state index in [4.69, 9.17) is 9.72 Å². The van der Waals surface area contributed by atoms with Gasteiger partial charge in [0.15, 0.2) is 5.13 Å². The van der Waals surface area contributed by atoms with Gasteiger partial charge >= 0.3 is 0 Å². The molecule has 5 rings (SSSR count). The summed E-state index contributed by atoms with van der Waals surface area (Å²) in [5.74, 6) is 0.0354. The molecule has 30 heavy (non-hydrogen) atoms. The van der Waals surface area contributed by atoms with Gasteiger partial charge in [0.05, 0.1) is 22.9 Å². The van der Waals surface area contributed by atoms with Crippen LogP contribution in [-0.2, 0) is 17.6 Å². The zero-order chi connectivity index (χ0) is 20.7. The van der Waals surface area contributed by atoms with Crippen LogP contribution in [0, 0.1) is 13.8 Å². The van der Waals surface area contributed by atoms with Crippen molar-refractivity contribution in [2.24, 2.45) is 0 Å². The lowest BCUT2D eigenvalue weighted by Gasteiger charge is -2.24. The van der Waals surface area contributed by atoms with Crippen LogP contribution in [0.2, 0.25) is 0 Å². The number of benzene rings is 2. The third-order valence-electron chi connectivity index (χ3n) is 6.41. The van der Waals surface area contributed by atoms with Crippen molar-refractivity contribution >= 4 is 32.6 Å². The van der Waals surface area contributed by atoms with Gasteiger partial charge in [0, 0.05) is 12.2 Å². The van der Waals surface area contributed by atoms with Crippen molar-refractivity contribution in [3.63, 3.8) is 0 Å². The molecule has 2 aliphatic rings. The molecule has 0 spiro atoms. The SMILES string of the molecule is Cc1ccc(C)c2sc(N(CC3CCCO3)C(=O)c3ccc4c(c3)CCCC4)nc12. The largest absolute Gasteiger partial charge is 0.376 e. The second kappa shape index (κ2) is 8.12. The molecule has 1 fully saturated rings. The van der Waals surface area contributed by atoms with Gasteiger partial charge in [-0.05, 0) is 86.8 Å². The molecule has 5 heteroatoms. The molecule has 0 N–H and O–H groups in total. The summed E-state index contributed by atoms with van der Waals surface area (Å²) >= 11 is 1.62. The molecule has 0 saturated carbocycles. The lowest BCUT2D eigenvalue weighted by atomic mass is 9.90. The summed E-state index contributed by atoms with van der Waals surface area (Å²) in [5.41, 5.74) is 6.86. The lowest BCUT2D eigenvalue weighted by Crippen LogP contribution is -2.37. The predicted molar refractivity (Wildman–Crippen MR) is 123 cm³/mol. The fraction of sp³-hybridized carbons (Fsp3) is 0.440. The zero-order valence-electron chi connectivity index (χ0n) is 17.7. The number of carbonyl (C=O) groups excluding carboxylic acids is 1. The molecule has 1 atom stereocenters. The van der Waals surface area contributed by atoms with Crippen LogP contribution in [-0.4, -0.2) is 30.1 Å². The van der Waals surface area contributed by atoms with Crippen LogP contribution in [0.1, 0.15) is 58.3 Å². The highest BCUT2D eigenvalue weighted by molar-refractivity contribution is 7.22. The highest BCUT2D eigenvalue weighted by atomic mass is 32.1. The molecule has 1 saturated heterocycles. The second-order valence-electron chi connectivity index (χ2n) is 8.61. The first kappa shape index (κ1) is 19.7. The lowest BCUT2D eigenvalue weighted by molar-refractivity contribution is 0.0917. The van der Waals surface area contributed by atoms with Crippen molar-refractivity contribution in [2.75, 3.05) is 18.1 Å². The van der Waals surface area contributed by atoms with Crippen LogP contribution in [0.15, 0.2) is 30.3 Å². The van der Waals surface area contributed by atoms with Crippen molar-refractivity contribution in [1.29, 1.82) is 0 Å². The number of amides is 1. The minimum absolute atomic E-state index is 0.0354. The van der Waals surface area contributed by atoms with Gasteiger partial charge in [-0.25, -0.2) is 4.98 Å². The maximum Gasteiger partial charge on any atom is 0.260 e. The van der Waals surface area contributed by atoms with Crippen LogP contribution < -0.4 is 4.90 Å². The molecule has 4 nitrogen and oxygen atoms in total. The maximum atomic E-state index is 13.7. The molecule has 1 unspecified atom stereocenters. The molecule has 1 amide bonds. The molecular weight excluding hydrogens is 392 g/mol. The Bertz CT molecular complexity index is 1060. The summed E-state index contributed by atoms with van der Waals surface area (Å²) in [5, 5.41) is 0.778. The summed E-state index contributed by atoms with van der Waals surface area (Å²) in [7, 11) is 0. The van der Waals surface area contributed by atoms with Crippen molar-refractivity contribution in [2.45, 2.75) is 58.5 Å². The Hall–Kier alpha value is -2.24. The molecule has 1 aliphatic heterocycles. The van der Waals surface area contributed by atoms with Crippen LogP contribution >= 0.6 is 11.3 Å². The van der Waals surface area contributed by atoms with Gasteiger partial charge in [-0.3, -0.25) is 9.69 Å². The molecule has 156 valence electrons. The summed E-state index contributed by atoms with van der Waals surface area (Å²) < 4.78 is 7.05. The molecule has 1 aliphatic carbocycles. The Balaban J connectivity index is 1.54. The number of fused-ring (bicyclic) bond motifs is 2. The van der Waals surface area contributed by atoms with E-state index in [1.807, 2.05) is 11.0 Å². The summed E-state index contributed by atoms with van der Waals surface area (Å²) in [6, 6.07) is 10.5. The van der Waals surface area contributed by atoms with Gasteiger partial charge in [0.2, 0.25) is 0 Å². The first-order valence-electron chi connectivity index (χ1n) is 11.0. The minimum Gasteiger partial charge on any atom is -0.376 e. The van der Waals surface area contributed by atoms with Crippen LogP contribution in [0.4, 0.5) is 5.13 Å². The first-order chi connectivity index (χ1) is 14.6. The third-order valence-corrected chi connectivity index (χ3v) is 7.63. The van der Waals surface area contributed by atoms with E-state index in [1.165, 1.54) is 34.2 Å². The number of thiazole rings is 1. The molecule has 2 heterocycles. The number of aromatic nitrogens is 1. The summed E-state index contributed by atoms with van der Waals surface area (Å²) in [6.45, 7) is 5.54. The van der Waals surface area contributed by atoms with Crippen molar-refractivity contribution < 1.29 is 9.53 Å². The van der Waals surface area contributed by atoms with E-state index in [0.717, 1.165) is 54.1 Å². The minimum atomic E-state index is 0.0354. The third kappa shape index (κ3) is 3.65. The van der Waals surface area contributed by atoms with Gasteiger partial charge in [-0.15, -0.1) is 0 Å². The van der Waals surface area contributed by atoms with Crippen LogP contribution in [0.25, 0.3) is 10.2 Å². The van der Waals surface area contributed by atoms with E-state index in [-0.39, 0.29) is 12.0 Å². The van der Waals surface area contributed by atoms with Gasteiger partial charge in [-0.1, -0.05) is 29.5 Å². The molecule has 1 aromatic heterocycles. The number of aryl methyl sites for hydroxylation is 4. The summed E-state index contributed by atoms with van der Waals surface area (Å²) in [4.78, 5) is 20.5. The quantitative estimate of drug-likeness (QED) is 0.550. The van der Waals surface area contributed by atoms with Crippen molar-refractivity contribution in [3.05, 3.63) is 58.1 Å². The topological polar surface area (TPSA) is 42.4 Å². The Morgan fingerprint density at radius 3 is 2.67 bits per heavy atom. The van der Waals surface area contributed by atoms with E-state index in [0.29, 0.717) is 6.54 Å². The standard InChI is InChI=1S/C25H28N2O2S/c1-16-9-10-17(2)23-22(16)26-25(30-23)27(15-21-8-5-13-29-21)24(28)20-12-11-18-6-3-4-7-19(18)14-20/h9-12,14,21H,3-8,13,15H2,1-2H3. The average molecular weight is 421 g/mol. The van der Waals surface area contributed by atoms with Gasteiger partial charge in [-0.2, -0.15) is 0 Å². The molecule has 0 radical (unpaired) electrons. The van der Waals surface area contributed by atoms with E-state index in [9.17, 15) is 4.79 Å². The first-order valence-corrected chi connectivity index (χ1v) is 11.8. The molecule has 0 bridgehead atoms.